The number of amides is 4. The van der Waals surface area contributed by atoms with Crippen LogP contribution in [0.2, 0.25) is 0 Å². The Labute approximate surface area is 199 Å². The second-order valence-corrected chi connectivity index (χ2v) is 8.53. The molecule has 0 spiro atoms. The molecule has 0 aliphatic carbocycles. The standard InChI is InChI=1S/C27H28N4O3/c1-28-24(32)22-15-13-21(14-16-22)18-30(2)19-31-25(33)27(29-26(31)34,23-11-7-4-8-12-23)17-20-9-5-3-6-10-20/h3-16H,17-19H2,1-2H3,(H,28,32)(H,29,34)/t27-/m1/s1. The van der Waals surface area contributed by atoms with Gasteiger partial charge in [-0.1, -0.05) is 72.8 Å². The van der Waals surface area contributed by atoms with Gasteiger partial charge in [0.05, 0.1) is 6.67 Å². The number of rotatable bonds is 8. The monoisotopic (exact) mass is 456 g/mol. The maximum absolute atomic E-state index is 13.8. The fraction of sp³-hybridized carbons (Fsp3) is 0.222. The molecule has 7 nitrogen and oxygen atoms in total. The molecule has 0 bridgehead atoms. The van der Waals surface area contributed by atoms with Crippen molar-refractivity contribution in [3.05, 3.63) is 107 Å². The smallest absolute Gasteiger partial charge is 0.326 e. The fourth-order valence-electron chi connectivity index (χ4n) is 4.31. The summed E-state index contributed by atoms with van der Waals surface area (Å²) in [6.45, 7) is 0.660. The number of carbonyl (C=O) groups excluding carboxylic acids is 3. The average molecular weight is 457 g/mol. The average Bonchev–Trinajstić information content (AvgIpc) is 3.10. The van der Waals surface area contributed by atoms with Gasteiger partial charge in [-0.3, -0.25) is 14.5 Å². The van der Waals surface area contributed by atoms with Crippen LogP contribution in [0.1, 0.15) is 27.0 Å². The lowest BCUT2D eigenvalue weighted by Gasteiger charge is -2.28. The zero-order valence-corrected chi connectivity index (χ0v) is 19.3. The Morgan fingerprint density at radius 3 is 2.15 bits per heavy atom. The summed E-state index contributed by atoms with van der Waals surface area (Å²) < 4.78 is 0. The highest BCUT2D eigenvalue weighted by Crippen LogP contribution is 2.33. The van der Waals surface area contributed by atoms with Crippen LogP contribution in [0.3, 0.4) is 0 Å². The molecule has 174 valence electrons. The molecule has 2 N–H and O–H groups in total. The van der Waals surface area contributed by atoms with Crippen LogP contribution in [0.25, 0.3) is 0 Å². The van der Waals surface area contributed by atoms with Crippen molar-refractivity contribution in [1.82, 2.24) is 20.4 Å². The molecule has 7 heteroatoms. The fourth-order valence-corrected chi connectivity index (χ4v) is 4.31. The summed E-state index contributed by atoms with van der Waals surface area (Å²) in [5.74, 6) is -0.413. The molecule has 34 heavy (non-hydrogen) atoms. The van der Waals surface area contributed by atoms with Crippen LogP contribution in [-0.2, 0) is 23.3 Å². The number of nitrogens with zero attached hydrogens (tertiary/aromatic N) is 2. The highest BCUT2D eigenvalue weighted by Gasteiger charge is 2.52. The molecule has 0 radical (unpaired) electrons. The number of nitrogens with one attached hydrogen (secondary N) is 2. The molecule has 1 fully saturated rings. The van der Waals surface area contributed by atoms with Crippen LogP contribution in [0, 0.1) is 0 Å². The summed E-state index contributed by atoms with van der Waals surface area (Å²) in [7, 11) is 3.45. The molecule has 1 saturated heterocycles. The number of imide groups is 1. The number of hydrogen-bond acceptors (Lipinski definition) is 4. The summed E-state index contributed by atoms with van der Waals surface area (Å²) in [6.07, 6.45) is 0.365. The van der Waals surface area contributed by atoms with Crippen molar-refractivity contribution in [2.45, 2.75) is 18.5 Å². The third-order valence-corrected chi connectivity index (χ3v) is 6.03. The Bertz CT molecular complexity index is 1170. The third-order valence-electron chi connectivity index (χ3n) is 6.03. The number of urea groups is 1. The van der Waals surface area contributed by atoms with Crippen molar-refractivity contribution in [1.29, 1.82) is 0 Å². The molecule has 4 amide bonds. The number of benzene rings is 3. The van der Waals surface area contributed by atoms with Crippen molar-refractivity contribution >= 4 is 17.8 Å². The van der Waals surface area contributed by atoms with E-state index in [1.165, 1.54) is 4.90 Å². The zero-order valence-electron chi connectivity index (χ0n) is 19.3. The largest absolute Gasteiger partial charge is 0.355 e. The van der Waals surface area contributed by atoms with Crippen molar-refractivity contribution in [2.24, 2.45) is 0 Å². The molecule has 3 aromatic rings. The normalized spacial score (nSPS) is 17.7. The highest BCUT2D eigenvalue weighted by atomic mass is 16.2. The van der Waals surface area contributed by atoms with Crippen LogP contribution < -0.4 is 10.6 Å². The van der Waals surface area contributed by atoms with E-state index in [0.717, 1.165) is 16.7 Å². The lowest BCUT2D eigenvalue weighted by atomic mass is 9.83. The van der Waals surface area contributed by atoms with Crippen LogP contribution in [-0.4, -0.2) is 48.4 Å². The van der Waals surface area contributed by atoms with Gasteiger partial charge in [0, 0.05) is 25.6 Å². The van der Waals surface area contributed by atoms with E-state index in [2.05, 4.69) is 10.6 Å². The summed E-state index contributed by atoms with van der Waals surface area (Å²) in [4.78, 5) is 41.7. The van der Waals surface area contributed by atoms with E-state index >= 15 is 0 Å². The first kappa shape index (κ1) is 23.2. The van der Waals surface area contributed by atoms with E-state index in [1.54, 1.807) is 19.2 Å². The number of hydrogen-bond donors (Lipinski definition) is 2. The van der Waals surface area contributed by atoms with Gasteiger partial charge in [-0.25, -0.2) is 9.69 Å². The SMILES string of the molecule is CNC(=O)c1ccc(CN(C)CN2C(=O)N[C@](Cc3ccccc3)(c3ccccc3)C2=O)cc1. The Hall–Kier alpha value is -3.97. The molecule has 0 saturated carbocycles. The molecule has 3 aromatic carbocycles. The topological polar surface area (TPSA) is 81.8 Å². The second-order valence-electron chi connectivity index (χ2n) is 8.53. The molecule has 1 aliphatic heterocycles. The van der Waals surface area contributed by atoms with Gasteiger partial charge >= 0.3 is 6.03 Å². The summed E-state index contributed by atoms with van der Waals surface area (Å²) >= 11 is 0. The lowest BCUT2D eigenvalue weighted by Crippen LogP contribution is -2.46. The molecular formula is C27H28N4O3. The van der Waals surface area contributed by atoms with Gasteiger partial charge in [0.1, 0.15) is 0 Å². The molecule has 4 rings (SSSR count). The molecule has 1 aliphatic rings. The first-order valence-electron chi connectivity index (χ1n) is 11.2. The van der Waals surface area contributed by atoms with Crippen molar-refractivity contribution in [3.63, 3.8) is 0 Å². The van der Waals surface area contributed by atoms with Gasteiger partial charge in [-0.15, -0.1) is 0 Å². The first-order valence-corrected chi connectivity index (χ1v) is 11.2. The Kier molecular flexibility index (Phi) is 6.75. The molecule has 0 aromatic heterocycles. The predicted molar refractivity (Wildman–Crippen MR) is 130 cm³/mol. The van der Waals surface area contributed by atoms with E-state index < -0.39 is 11.6 Å². The molecule has 1 atom stereocenters. The summed E-state index contributed by atoms with van der Waals surface area (Å²) in [6, 6.07) is 25.9. The van der Waals surface area contributed by atoms with Crippen molar-refractivity contribution in [3.8, 4) is 0 Å². The van der Waals surface area contributed by atoms with Gasteiger partial charge in [-0.05, 0) is 35.9 Å². The van der Waals surface area contributed by atoms with E-state index in [0.29, 0.717) is 18.5 Å². The minimum Gasteiger partial charge on any atom is -0.355 e. The van der Waals surface area contributed by atoms with Crippen LogP contribution in [0.5, 0.6) is 0 Å². The van der Waals surface area contributed by atoms with E-state index in [9.17, 15) is 14.4 Å². The van der Waals surface area contributed by atoms with E-state index in [4.69, 9.17) is 0 Å². The van der Waals surface area contributed by atoms with E-state index in [-0.39, 0.29) is 18.5 Å². The minimum absolute atomic E-state index is 0.144. The van der Waals surface area contributed by atoms with Gasteiger partial charge in [0.15, 0.2) is 5.54 Å². The molecule has 1 heterocycles. The predicted octanol–water partition coefficient (Wildman–Crippen LogP) is 3.13. The first-order chi connectivity index (χ1) is 16.4. The second kappa shape index (κ2) is 9.89. The Morgan fingerprint density at radius 1 is 0.912 bits per heavy atom. The maximum Gasteiger partial charge on any atom is 0.326 e. The third kappa shape index (κ3) is 4.70. The van der Waals surface area contributed by atoms with E-state index in [1.807, 2.05) is 84.7 Å². The van der Waals surface area contributed by atoms with Crippen LogP contribution in [0.15, 0.2) is 84.9 Å². The van der Waals surface area contributed by atoms with Crippen LogP contribution >= 0.6 is 0 Å². The van der Waals surface area contributed by atoms with Gasteiger partial charge in [0.25, 0.3) is 11.8 Å². The Morgan fingerprint density at radius 2 is 1.53 bits per heavy atom. The van der Waals surface area contributed by atoms with Gasteiger partial charge in [0.2, 0.25) is 0 Å². The zero-order chi connectivity index (χ0) is 24.1. The van der Waals surface area contributed by atoms with Crippen molar-refractivity contribution < 1.29 is 14.4 Å². The summed E-state index contributed by atoms with van der Waals surface area (Å²) in [5.41, 5.74) is 2.12. The molecule has 0 unspecified atom stereocenters. The van der Waals surface area contributed by atoms with Gasteiger partial charge < -0.3 is 10.6 Å². The summed E-state index contributed by atoms with van der Waals surface area (Å²) in [5, 5.41) is 5.59. The Balaban J connectivity index is 1.53. The highest BCUT2D eigenvalue weighted by molar-refractivity contribution is 6.07. The van der Waals surface area contributed by atoms with Gasteiger partial charge in [-0.2, -0.15) is 0 Å². The number of carbonyl (C=O) groups is 3. The van der Waals surface area contributed by atoms with Crippen molar-refractivity contribution in [2.75, 3.05) is 20.8 Å². The minimum atomic E-state index is -1.16. The molecular weight excluding hydrogens is 428 g/mol. The van der Waals surface area contributed by atoms with Crippen LogP contribution in [0.4, 0.5) is 4.79 Å². The maximum atomic E-state index is 13.8. The quantitative estimate of drug-likeness (QED) is 0.511. The lowest BCUT2D eigenvalue weighted by molar-refractivity contribution is -0.133.